The van der Waals surface area contributed by atoms with Crippen molar-refractivity contribution in [3.8, 4) is 0 Å². The largest absolute Gasteiger partial charge is 0.480 e. The molecule has 1 aliphatic rings. The maximum Gasteiger partial charge on any atom is 0.326 e. The number of rotatable bonds is 10. The highest BCUT2D eigenvalue weighted by Crippen LogP contribution is 2.17. The number of amides is 1. The summed E-state index contributed by atoms with van der Waals surface area (Å²) in [5.74, 6) is -2.31. The van der Waals surface area contributed by atoms with Gasteiger partial charge in [0.15, 0.2) is 0 Å². The monoisotopic (exact) mass is 352 g/mol. The zero-order chi connectivity index (χ0) is 17.3. The first-order chi connectivity index (χ1) is 10.9. The summed E-state index contributed by atoms with van der Waals surface area (Å²) in [6.45, 7) is 0.653. The Hall–Kier alpha value is -1.23. The molecule has 1 amide bonds. The van der Waals surface area contributed by atoms with Gasteiger partial charge in [0.25, 0.3) is 0 Å². The van der Waals surface area contributed by atoms with Gasteiger partial charge in [0, 0.05) is 26.2 Å². The quantitative estimate of drug-likeness (QED) is 0.427. The number of nitrogens with one attached hydrogen (secondary N) is 2. The molecule has 0 aromatic rings. The Kier molecular flexibility index (Phi) is 8.45. The number of hydrogen-bond donors (Lipinski definition) is 3. The maximum atomic E-state index is 11.8. The summed E-state index contributed by atoms with van der Waals surface area (Å²) in [5.41, 5.74) is 0. The fourth-order valence-corrected chi connectivity index (χ4v) is 3.27. The van der Waals surface area contributed by atoms with E-state index in [1.54, 1.807) is 0 Å². The van der Waals surface area contributed by atoms with Gasteiger partial charge in [-0.05, 0) is 19.3 Å². The van der Waals surface area contributed by atoms with Gasteiger partial charge in [0.1, 0.15) is 6.04 Å². The second kappa shape index (κ2) is 9.81. The molecule has 2 atom stereocenters. The van der Waals surface area contributed by atoms with Crippen LogP contribution < -0.4 is 10.0 Å². The fourth-order valence-electron chi connectivity index (χ4n) is 2.28. The third-order valence-corrected chi connectivity index (χ3v) is 4.87. The normalized spacial score (nSPS) is 20.0. The van der Waals surface area contributed by atoms with Crippen LogP contribution in [0.5, 0.6) is 0 Å². The number of methoxy groups -OCH3 is 1. The average Bonchev–Trinajstić information content (AvgIpc) is 2.51. The van der Waals surface area contributed by atoms with E-state index in [-0.39, 0.29) is 18.3 Å². The van der Waals surface area contributed by atoms with Gasteiger partial charge in [-0.25, -0.2) is 17.9 Å². The first-order valence-corrected chi connectivity index (χ1v) is 9.07. The molecule has 1 fully saturated rings. The van der Waals surface area contributed by atoms with Crippen LogP contribution in [0.25, 0.3) is 0 Å². The zero-order valence-electron chi connectivity index (χ0n) is 13.1. The molecule has 10 heteroatoms. The molecule has 2 unspecified atom stereocenters. The number of hydrogen-bond acceptors (Lipinski definition) is 6. The summed E-state index contributed by atoms with van der Waals surface area (Å²) in [5, 5.41) is 11.6. The van der Waals surface area contributed by atoms with E-state index in [0.717, 1.165) is 6.42 Å². The van der Waals surface area contributed by atoms with Crippen LogP contribution >= 0.6 is 0 Å². The van der Waals surface area contributed by atoms with Gasteiger partial charge in [-0.1, -0.05) is 0 Å². The molecule has 0 bridgehead atoms. The van der Waals surface area contributed by atoms with Crippen molar-refractivity contribution in [1.29, 1.82) is 0 Å². The lowest BCUT2D eigenvalue weighted by atomic mass is 9.93. The molecular formula is C13H24N2O7S. The Balaban J connectivity index is 2.44. The van der Waals surface area contributed by atoms with Crippen LogP contribution in [-0.2, 0) is 29.1 Å². The molecule has 1 aliphatic heterocycles. The van der Waals surface area contributed by atoms with Crippen LogP contribution in [0.1, 0.15) is 19.3 Å². The number of carbonyl (C=O) groups is 2. The predicted molar refractivity (Wildman–Crippen MR) is 81.4 cm³/mol. The first-order valence-electron chi connectivity index (χ1n) is 7.42. The van der Waals surface area contributed by atoms with Crippen molar-refractivity contribution in [3.05, 3.63) is 0 Å². The average molecular weight is 352 g/mol. The molecule has 3 N–H and O–H groups in total. The highest BCUT2D eigenvalue weighted by Gasteiger charge is 2.31. The lowest BCUT2D eigenvalue weighted by Crippen LogP contribution is -2.51. The van der Waals surface area contributed by atoms with Gasteiger partial charge in [-0.2, -0.15) is 0 Å². The minimum atomic E-state index is -3.59. The Morgan fingerprint density at radius 3 is 2.74 bits per heavy atom. The molecule has 1 rings (SSSR count). The summed E-state index contributed by atoms with van der Waals surface area (Å²) in [7, 11) is -2.13. The van der Waals surface area contributed by atoms with Gasteiger partial charge in [-0.3, -0.25) is 4.79 Å². The molecule has 0 spiro atoms. The molecule has 1 saturated heterocycles. The standard InChI is InChI=1S/C13H24N2O7S/c1-21-5-3-7-23(19,20)14-8-11(16)15-12(13(17)18)10-4-2-6-22-9-10/h10,12,14H,2-9H2,1H3,(H,15,16)(H,17,18). The number of aliphatic carboxylic acids is 1. The minimum Gasteiger partial charge on any atom is -0.480 e. The van der Waals surface area contributed by atoms with Gasteiger partial charge in [0.2, 0.25) is 15.9 Å². The lowest BCUT2D eigenvalue weighted by molar-refractivity contribution is -0.145. The highest BCUT2D eigenvalue weighted by molar-refractivity contribution is 7.89. The van der Waals surface area contributed by atoms with E-state index in [4.69, 9.17) is 9.47 Å². The minimum absolute atomic E-state index is 0.160. The van der Waals surface area contributed by atoms with Crippen molar-refractivity contribution in [2.24, 2.45) is 5.92 Å². The fraction of sp³-hybridized carbons (Fsp3) is 0.846. The molecule has 0 aromatic heterocycles. The van der Waals surface area contributed by atoms with Gasteiger partial charge < -0.3 is 19.9 Å². The third-order valence-electron chi connectivity index (χ3n) is 3.46. The molecule has 134 valence electrons. The third kappa shape index (κ3) is 7.73. The van der Waals surface area contributed by atoms with E-state index in [2.05, 4.69) is 10.0 Å². The summed E-state index contributed by atoms with van der Waals surface area (Å²) in [4.78, 5) is 23.1. The lowest BCUT2D eigenvalue weighted by Gasteiger charge is -2.28. The Labute approximate surface area is 135 Å². The molecule has 0 radical (unpaired) electrons. The van der Waals surface area contributed by atoms with Crippen LogP contribution in [0.2, 0.25) is 0 Å². The van der Waals surface area contributed by atoms with Crippen LogP contribution in [0.4, 0.5) is 0 Å². The molecule has 23 heavy (non-hydrogen) atoms. The smallest absolute Gasteiger partial charge is 0.326 e. The molecule has 9 nitrogen and oxygen atoms in total. The van der Waals surface area contributed by atoms with Gasteiger partial charge in [0.05, 0.1) is 18.9 Å². The Bertz CT molecular complexity index is 489. The maximum absolute atomic E-state index is 11.8. The summed E-state index contributed by atoms with van der Waals surface area (Å²) in [6.07, 6.45) is 1.68. The van der Waals surface area contributed by atoms with Crippen molar-refractivity contribution in [1.82, 2.24) is 10.0 Å². The van der Waals surface area contributed by atoms with E-state index in [1.165, 1.54) is 7.11 Å². The summed E-state index contributed by atoms with van der Waals surface area (Å²) < 4.78 is 35.4. The second-order valence-corrected chi connectivity index (χ2v) is 7.27. The number of carboxylic acid groups (broad SMARTS) is 1. The molecule has 0 aromatic carbocycles. The number of sulfonamides is 1. The van der Waals surface area contributed by atoms with Crippen molar-refractivity contribution >= 4 is 21.9 Å². The number of carboxylic acids is 1. The van der Waals surface area contributed by atoms with Crippen LogP contribution in [0.15, 0.2) is 0 Å². The number of carbonyl (C=O) groups excluding carboxylic acids is 1. The summed E-state index contributed by atoms with van der Waals surface area (Å²) in [6, 6.07) is -1.08. The van der Waals surface area contributed by atoms with Crippen LogP contribution in [0, 0.1) is 5.92 Å². The SMILES string of the molecule is COCCCS(=O)(=O)NCC(=O)NC(C(=O)O)C1CCCOC1. The topological polar surface area (TPSA) is 131 Å². The van der Waals surface area contributed by atoms with Crippen molar-refractivity contribution in [2.75, 3.05) is 39.2 Å². The zero-order valence-corrected chi connectivity index (χ0v) is 13.9. The van der Waals surface area contributed by atoms with Gasteiger partial charge >= 0.3 is 5.97 Å². The first kappa shape index (κ1) is 19.8. The van der Waals surface area contributed by atoms with E-state index < -0.39 is 34.5 Å². The molecule has 0 saturated carbocycles. The molecular weight excluding hydrogens is 328 g/mol. The van der Waals surface area contributed by atoms with Crippen molar-refractivity contribution < 1.29 is 32.6 Å². The Morgan fingerprint density at radius 1 is 1.43 bits per heavy atom. The molecule has 0 aliphatic carbocycles. The molecule has 1 heterocycles. The van der Waals surface area contributed by atoms with Crippen molar-refractivity contribution in [3.63, 3.8) is 0 Å². The van der Waals surface area contributed by atoms with E-state index in [9.17, 15) is 23.1 Å². The van der Waals surface area contributed by atoms with E-state index in [0.29, 0.717) is 26.1 Å². The predicted octanol–water partition coefficient (Wildman–Crippen LogP) is -1.06. The Morgan fingerprint density at radius 2 is 2.17 bits per heavy atom. The van der Waals surface area contributed by atoms with Gasteiger partial charge in [-0.15, -0.1) is 0 Å². The van der Waals surface area contributed by atoms with E-state index in [1.807, 2.05) is 0 Å². The van der Waals surface area contributed by atoms with Crippen LogP contribution in [0.3, 0.4) is 0 Å². The van der Waals surface area contributed by atoms with Crippen LogP contribution in [-0.4, -0.2) is 70.7 Å². The number of ether oxygens (including phenoxy) is 2. The van der Waals surface area contributed by atoms with E-state index >= 15 is 0 Å². The second-order valence-electron chi connectivity index (χ2n) is 5.35. The highest BCUT2D eigenvalue weighted by atomic mass is 32.2. The summed E-state index contributed by atoms with van der Waals surface area (Å²) >= 11 is 0. The van der Waals surface area contributed by atoms with Crippen molar-refractivity contribution in [2.45, 2.75) is 25.3 Å².